The predicted octanol–water partition coefficient (Wildman–Crippen LogP) is 8.58. The SMILES string of the molecule is CO[C@H]1C[C@@H]2CC[C@@H](C)[C@@](O)(O2)C(=O)C(=O)N2CCCC[C@H]2C(=O)O[C@H]([C@H](C)C[C@@H]2CC[C@@H](OC(=O)NCCOCCOCCOCCOCCOCCOCCOCCOCC(=O)N3CCc4cc(Cn5nc(-c6ccc7oc(N)nc7c6)c6c(N)ncnc65)ccc4C3)[C@H](OC)C2)C[C@@H](O)[C@H](C)/C=C(\C)[C@@H](O)[C@@H](OC)C(=O)[C@H](C)C[C@H](C)/C=C/C=C/C=C/1C. The highest BCUT2D eigenvalue weighted by Gasteiger charge is 2.53. The summed E-state index contributed by atoms with van der Waals surface area (Å²) in [7, 11) is 4.52. The van der Waals surface area contributed by atoms with E-state index in [4.69, 9.17) is 87.3 Å². The summed E-state index contributed by atoms with van der Waals surface area (Å²) in [5, 5.41) is 44.2. The van der Waals surface area contributed by atoms with Gasteiger partial charge in [0.15, 0.2) is 17.0 Å². The molecule has 2 aromatic carbocycles. The maximum absolute atomic E-state index is 14.8. The van der Waals surface area contributed by atoms with Crippen molar-refractivity contribution in [3.8, 4) is 11.3 Å². The van der Waals surface area contributed by atoms with Crippen molar-refractivity contribution in [2.45, 2.75) is 206 Å². The molecule has 10 rings (SSSR count). The Hall–Kier alpha value is -8.56. The van der Waals surface area contributed by atoms with E-state index in [1.165, 1.54) is 23.9 Å². The summed E-state index contributed by atoms with van der Waals surface area (Å²) >= 11 is 0. The number of Topliss-reactive ketones (excluding diaryl/α,β-unsaturated/α-hetero) is 2. The zero-order chi connectivity index (χ0) is 90.2. The number of aliphatic hydroxyl groups is 3. The summed E-state index contributed by atoms with van der Waals surface area (Å²) < 4.78 is 88.4. The Kier molecular flexibility index (Phi) is 39.9. The number of rotatable bonds is 36. The lowest BCUT2D eigenvalue weighted by Gasteiger charge is -2.43. The number of amides is 3. The minimum absolute atomic E-state index is 0.00399. The number of aliphatic hydroxyl groups excluding tert-OH is 2. The summed E-state index contributed by atoms with van der Waals surface area (Å²) in [6.07, 6.45) is 11.1. The van der Waals surface area contributed by atoms with Crippen LogP contribution in [0.3, 0.4) is 0 Å². The molecular weight excluding hydrogens is 1630 g/mol. The molecule has 0 unspecified atom stereocenters. The summed E-state index contributed by atoms with van der Waals surface area (Å²) in [5.74, 6) is -7.69. The number of piperidine rings is 1. The van der Waals surface area contributed by atoms with Crippen molar-refractivity contribution >= 4 is 69.4 Å². The number of anilines is 2. The number of carbonyl (C=O) groups excluding carboxylic acids is 6. The number of alkyl carbamates (subject to hydrolysis) is 1. The number of oxazole rings is 1. The highest BCUT2D eigenvalue weighted by atomic mass is 16.6. The van der Waals surface area contributed by atoms with Crippen molar-refractivity contribution in [1.29, 1.82) is 0 Å². The zero-order valence-corrected chi connectivity index (χ0v) is 74.9. The molecule has 3 fully saturated rings. The minimum Gasteiger partial charge on any atom is -0.460 e. The Morgan fingerprint density at radius 1 is 0.706 bits per heavy atom. The number of cyclic esters (lactones) is 1. The number of nitrogen functional groups attached to an aromatic ring is 2. The van der Waals surface area contributed by atoms with Gasteiger partial charge < -0.3 is 113 Å². The first-order chi connectivity index (χ1) is 60.8. The van der Waals surface area contributed by atoms with Crippen LogP contribution in [0.25, 0.3) is 33.4 Å². The van der Waals surface area contributed by atoms with Gasteiger partial charge in [0.2, 0.25) is 11.7 Å². The van der Waals surface area contributed by atoms with Crippen LogP contribution in [0, 0.1) is 35.5 Å². The van der Waals surface area contributed by atoms with E-state index in [2.05, 4.69) is 32.4 Å². The molecule has 4 aliphatic heterocycles. The molecule has 2 saturated heterocycles. The highest BCUT2D eigenvalue weighted by Crippen LogP contribution is 2.40. The van der Waals surface area contributed by atoms with E-state index in [0.29, 0.717) is 215 Å². The molecule has 0 spiro atoms. The lowest BCUT2D eigenvalue weighted by atomic mass is 9.78. The number of nitrogens with two attached hydrogens (primary N) is 2. The predicted molar refractivity (Wildman–Crippen MR) is 467 cm³/mol. The third kappa shape index (κ3) is 28.7. The summed E-state index contributed by atoms with van der Waals surface area (Å²) in [4.78, 5) is 100. The summed E-state index contributed by atoms with van der Waals surface area (Å²) in [6, 6.07) is 10.7. The molecule has 8 N–H and O–H groups in total. The van der Waals surface area contributed by atoms with Crippen LogP contribution in [0.1, 0.15) is 142 Å². The van der Waals surface area contributed by atoms with Gasteiger partial charge in [0.25, 0.3) is 17.7 Å². The van der Waals surface area contributed by atoms with Gasteiger partial charge in [-0.1, -0.05) is 89.3 Å². The maximum atomic E-state index is 14.8. The number of hydrogen-bond acceptors (Lipinski definition) is 30. The van der Waals surface area contributed by atoms with Crippen LogP contribution >= 0.6 is 0 Å². The lowest BCUT2D eigenvalue weighted by molar-refractivity contribution is -0.265. The smallest absolute Gasteiger partial charge is 0.407 e. The molecule has 5 aliphatic rings. The third-order valence-electron chi connectivity index (χ3n) is 24.4. The molecule has 34 nitrogen and oxygen atoms in total. The van der Waals surface area contributed by atoms with Crippen molar-refractivity contribution < 1.29 is 115 Å². The fourth-order valence-corrected chi connectivity index (χ4v) is 17.1. The number of esters is 1. The highest BCUT2D eigenvalue weighted by molar-refractivity contribution is 6.39. The molecule has 3 aromatic heterocycles. The second kappa shape index (κ2) is 50.4. The van der Waals surface area contributed by atoms with Gasteiger partial charge in [0, 0.05) is 83.7 Å². The van der Waals surface area contributed by atoms with Crippen LogP contribution in [0.5, 0.6) is 0 Å². The van der Waals surface area contributed by atoms with Crippen molar-refractivity contribution in [2.75, 3.05) is 158 Å². The fraction of sp³-hybridized carbons (Fsp3) is 0.652. The zero-order valence-electron chi connectivity index (χ0n) is 74.9. The first-order valence-electron chi connectivity index (χ1n) is 44.5. The van der Waals surface area contributed by atoms with Gasteiger partial charge >= 0.3 is 12.1 Å². The number of fused-ring (bicyclic) bond motifs is 6. The number of ether oxygens (including phenoxy) is 14. The monoisotopic (exact) mass is 1760 g/mol. The molecule has 16 atom stereocenters. The fourth-order valence-electron chi connectivity index (χ4n) is 17.1. The van der Waals surface area contributed by atoms with Crippen LogP contribution in [-0.4, -0.2) is 293 Å². The summed E-state index contributed by atoms with van der Waals surface area (Å²) in [5.41, 5.74) is 19.9. The standard InChI is InChI=1S/C92H134N10O24/c1-58-16-12-11-13-17-59(2)76(112-8)52-70-24-19-64(7)92(111,126-70)85(107)88(108)101-29-15-14-18-72(101)89(109)123-77(53-73(103)60(3)47-63(6)83(106)84(114-10)82(105)62(5)46-58)61(4)48-65-21-25-75(78(50-65)113-9)125-91(110)95-28-31-115-32-33-116-34-35-117-36-37-118-38-39-119-40-41-120-42-43-121-44-45-122-56-79(104)100-30-27-67-49-66(20-22-69(67)55-100)54-102-87-80(86(93)96-57-97-87)81(99-102)68-23-26-74-71(51-68)98-90(94)124-74/h11-13,16-17,20,22-23,26,47,49,51,57-58,60-62,64-65,70,72-73,75-78,83-84,103,106,111H,14-15,18-19,21,24-25,27-46,48,50,52-56H2,1-10H3,(H2,94,98)(H,95,110)(H2,93,96,97)/b13-11+,16-12+,59-17+,63-47+/t58-,60-,61-,62-,64-,65+,70+,72+,73-,75-,76+,77+,78-,83-,84+,92-/m1/s1. The van der Waals surface area contributed by atoms with Gasteiger partial charge in [0.1, 0.15) is 60.4 Å². The van der Waals surface area contributed by atoms with Crippen molar-refractivity contribution in [3.63, 3.8) is 0 Å². The number of ketones is 2. The number of nitrogens with one attached hydrogen (secondary N) is 1. The third-order valence-corrected chi connectivity index (χ3v) is 24.4. The Morgan fingerprint density at radius 2 is 1.39 bits per heavy atom. The Labute approximate surface area is 738 Å². The van der Waals surface area contributed by atoms with Crippen LogP contribution in [0.15, 0.2) is 94.7 Å². The van der Waals surface area contributed by atoms with E-state index < -0.39 is 102 Å². The summed E-state index contributed by atoms with van der Waals surface area (Å²) in [6.45, 7) is 19.8. The van der Waals surface area contributed by atoms with Crippen molar-refractivity contribution in [2.24, 2.45) is 35.5 Å². The van der Waals surface area contributed by atoms with Crippen molar-refractivity contribution in [3.05, 3.63) is 107 Å². The minimum atomic E-state index is -2.47. The molecule has 1 aliphatic carbocycles. The van der Waals surface area contributed by atoms with E-state index in [-0.39, 0.29) is 81.2 Å². The van der Waals surface area contributed by atoms with Gasteiger partial charge in [-0.3, -0.25) is 19.2 Å². The molecule has 126 heavy (non-hydrogen) atoms. The molecule has 3 amide bonds. The van der Waals surface area contributed by atoms with E-state index in [9.17, 15) is 44.1 Å². The second-order valence-corrected chi connectivity index (χ2v) is 33.8. The molecule has 34 heteroatoms. The van der Waals surface area contributed by atoms with E-state index in [1.54, 1.807) is 47.1 Å². The topological polar surface area (TPSA) is 433 Å². The Balaban J connectivity index is 0.558. The van der Waals surface area contributed by atoms with Crippen LogP contribution in [0.2, 0.25) is 0 Å². The van der Waals surface area contributed by atoms with Gasteiger partial charge in [-0.2, -0.15) is 10.1 Å². The number of methoxy groups -OCH3 is 3. The first-order valence-corrected chi connectivity index (χ1v) is 44.5. The van der Waals surface area contributed by atoms with Crippen molar-refractivity contribution in [1.82, 2.24) is 39.8 Å². The number of carbonyl (C=O) groups is 6. The lowest BCUT2D eigenvalue weighted by Crippen LogP contribution is -2.61. The second-order valence-electron chi connectivity index (χ2n) is 33.8. The Bertz CT molecular complexity index is 4440. The molecule has 1 saturated carbocycles. The molecule has 696 valence electrons. The van der Waals surface area contributed by atoms with Gasteiger partial charge in [-0.25, -0.2) is 24.2 Å². The van der Waals surface area contributed by atoms with Crippen LogP contribution in [-0.2, 0) is 110 Å². The molecule has 7 heterocycles. The van der Waals surface area contributed by atoms with Crippen LogP contribution < -0.4 is 16.8 Å². The number of benzene rings is 2. The maximum Gasteiger partial charge on any atom is 0.407 e. The largest absolute Gasteiger partial charge is 0.460 e. The molecular formula is C92H134N10O24. The van der Waals surface area contributed by atoms with Gasteiger partial charge in [-0.05, 0) is 148 Å². The van der Waals surface area contributed by atoms with E-state index >= 15 is 0 Å². The quantitative estimate of drug-likeness (QED) is 0.00945. The average molecular weight is 1760 g/mol. The normalized spacial score (nSPS) is 27.7. The van der Waals surface area contributed by atoms with Gasteiger partial charge in [0.05, 0.1) is 135 Å². The molecule has 0 radical (unpaired) electrons. The van der Waals surface area contributed by atoms with E-state index in [1.807, 2.05) is 85.9 Å². The molecule has 5 aromatic rings. The number of aromatic nitrogens is 5. The van der Waals surface area contributed by atoms with E-state index in [0.717, 1.165) is 22.3 Å². The number of hydrogen-bond donors (Lipinski definition) is 6. The van der Waals surface area contributed by atoms with Gasteiger partial charge in [-0.15, -0.1) is 0 Å². The number of nitrogens with zero attached hydrogens (tertiary/aromatic N) is 7. The Morgan fingerprint density at radius 3 is 2.06 bits per heavy atom. The number of allylic oxidation sites excluding steroid dienone is 5. The average Bonchev–Trinajstić information content (AvgIpc) is 1.59. The molecule has 2 bridgehead atoms. The first kappa shape index (κ1) is 99.6. The van der Waals surface area contributed by atoms with Crippen LogP contribution in [0.4, 0.5) is 16.6 Å².